The van der Waals surface area contributed by atoms with E-state index in [1.807, 2.05) is 12.1 Å². The lowest BCUT2D eigenvalue weighted by molar-refractivity contribution is -0.140. The minimum Gasteiger partial charge on any atom is -0.497 e. The molecule has 118 valence electrons. The fourth-order valence-corrected chi connectivity index (χ4v) is 3.21. The summed E-state index contributed by atoms with van der Waals surface area (Å²) < 4.78 is 9.86. The Morgan fingerprint density at radius 2 is 1.95 bits per heavy atom. The molecule has 0 radical (unpaired) electrons. The van der Waals surface area contributed by atoms with Crippen LogP contribution in [-0.4, -0.2) is 37.7 Å². The van der Waals surface area contributed by atoms with Gasteiger partial charge >= 0.3 is 5.97 Å². The Bertz CT molecular complexity index is 422. The summed E-state index contributed by atoms with van der Waals surface area (Å²) in [7, 11) is 3.09. The van der Waals surface area contributed by atoms with Crippen molar-refractivity contribution < 1.29 is 14.3 Å². The van der Waals surface area contributed by atoms with Gasteiger partial charge in [-0.05, 0) is 24.2 Å². The molecule has 0 saturated heterocycles. The van der Waals surface area contributed by atoms with Gasteiger partial charge in [0.25, 0.3) is 0 Å². The van der Waals surface area contributed by atoms with Crippen molar-refractivity contribution in [2.75, 3.05) is 26.5 Å². The maximum atomic E-state index is 11.2. The Balaban J connectivity index is 2.63. The van der Waals surface area contributed by atoms with Gasteiger partial charge in [0.2, 0.25) is 0 Å². The van der Waals surface area contributed by atoms with Crippen LogP contribution in [0.3, 0.4) is 0 Å². The molecule has 2 unspecified atom stereocenters. The van der Waals surface area contributed by atoms with Crippen LogP contribution < -0.4 is 10.1 Å². The highest BCUT2D eigenvalue weighted by molar-refractivity contribution is 7.99. The number of rotatable bonds is 9. The number of thioether (sulfide) groups is 1. The van der Waals surface area contributed by atoms with Crippen LogP contribution >= 0.6 is 11.8 Å². The van der Waals surface area contributed by atoms with Crippen molar-refractivity contribution in [2.45, 2.75) is 31.6 Å². The third-order valence-electron chi connectivity index (χ3n) is 3.28. The van der Waals surface area contributed by atoms with Gasteiger partial charge in [0, 0.05) is 17.0 Å². The van der Waals surface area contributed by atoms with E-state index in [0.717, 1.165) is 18.0 Å². The molecule has 0 aliphatic carbocycles. The molecule has 1 N–H and O–H groups in total. The molecule has 4 nitrogen and oxygen atoms in total. The van der Waals surface area contributed by atoms with Crippen LogP contribution in [0.5, 0.6) is 5.75 Å². The van der Waals surface area contributed by atoms with Crippen LogP contribution in [0.2, 0.25) is 0 Å². The zero-order valence-electron chi connectivity index (χ0n) is 13.2. The van der Waals surface area contributed by atoms with Gasteiger partial charge in [0.05, 0.1) is 20.6 Å². The van der Waals surface area contributed by atoms with E-state index in [1.165, 1.54) is 12.7 Å². The van der Waals surface area contributed by atoms with Gasteiger partial charge in [0.15, 0.2) is 0 Å². The molecule has 0 bridgehead atoms. The summed E-state index contributed by atoms with van der Waals surface area (Å²) in [6, 6.07) is 8.38. The zero-order chi connectivity index (χ0) is 15.7. The predicted molar refractivity (Wildman–Crippen MR) is 88.0 cm³/mol. The van der Waals surface area contributed by atoms with Crippen LogP contribution in [0.1, 0.15) is 31.9 Å². The van der Waals surface area contributed by atoms with Crippen molar-refractivity contribution in [3.05, 3.63) is 29.8 Å². The van der Waals surface area contributed by atoms with Crippen molar-refractivity contribution in [1.29, 1.82) is 0 Å². The summed E-state index contributed by atoms with van der Waals surface area (Å²) in [4.78, 5) is 11.2. The molecule has 0 fully saturated rings. The number of ether oxygens (including phenoxy) is 2. The Hall–Kier alpha value is -1.20. The number of nitrogens with one attached hydrogen (secondary N) is 1. The lowest BCUT2D eigenvalue weighted by Crippen LogP contribution is -2.28. The molecule has 0 aliphatic heterocycles. The third-order valence-corrected chi connectivity index (χ3v) is 4.52. The van der Waals surface area contributed by atoms with Crippen LogP contribution in [0.25, 0.3) is 0 Å². The molecule has 0 aliphatic rings. The third kappa shape index (κ3) is 5.98. The number of carbonyl (C=O) groups excluding carboxylic acids is 1. The summed E-state index contributed by atoms with van der Waals surface area (Å²) in [6.07, 6.45) is 0.451. The molecule has 0 spiro atoms. The number of hydrogen-bond donors (Lipinski definition) is 1. The van der Waals surface area contributed by atoms with E-state index in [2.05, 4.69) is 36.0 Å². The van der Waals surface area contributed by atoms with E-state index in [4.69, 9.17) is 4.74 Å². The first-order chi connectivity index (χ1) is 10.1. The fraction of sp³-hybridized carbons (Fsp3) is 0.562. The number of benzene rings is 1. The van der Waals surface area contributed by atoms with Gasteiger partial charge < -0.3 is 14.8 Å². The molecule has 0 amide bonds. The summed E-state index contributed by atoms with van der Waals surface area (Å²) in [6.45, 7) is 5.18. The number of methoxy groups -OCH3 is 2. The molecule has 1 aromatic carbocycles. The van der Waals surface area contributed by atoms with E-state index >= 15 is 0 Å². The second-order valence-electron chi connectivity index (χ2n) is 4.71. The molecule has 0 saturated carbocycles. The SMILES string of the molecule is CCNC(c1ccc(OC)cc1)C(C)SCCC(=O)OC. The maximum absolute atomic E-state index is 11.2. The van der Waals surface area contributed by atoms with E-state index in [0.29, 0.717) is 11.7 Å². The minimum absolute atomic E-state index is 0.154. The fourth-order valence-electron chi connectivity index (χ4n) is 2.11. The van der Waals surface area contributed by atoms with E-state index < -0.39 is 0 Å². The van der Waals surface area contributed by atoms with Gasteiger partial charge in [-0.3, -0.25) is 4.79 Å². The first-order valence-electron chi connectivity index (χ1n) is 7.18. The average Bonchev–Trinajstić information content (AvgIpc) is 2.52. The number of esters is 1. The van der Waals surface area contributed by atoms with Gasteiger partial charge in [-0.2, -0.15) is 11.8 Å². The minimum atomic E-state index is -0.154. The summed E-state index contributed by atoms with van der Waals surface area (Å²) in [5.74, 6) is 1.48. The van der Waals surface area contributed by atoms with Crippen LogP contribution in [0.4, 0.5) is 0 Å². The highest BCUT2D eigenvalue weighted by Crippen LogP contribution is 2.28. The van der Waals surface area contributed by atoms with E-state index in [-0.39, 0.29) is 12.0 Å². The van der Waals surface area contributed by atoms with Crippen LogP contribution in [0, 0.1) is 0 Å². The van der Waals surface area contributed by atoms with Crippen LogP contribution in [0.15, 0.2) is 24.3 Å². The van der Waals surface area contributed by atoms with E-state index in [1.54, 1.807) is 18.9 Å². The number of hydrogen-bond acceptors (Lipinski definition) is 5. The van der Waals surface area contributed by atoms with Crippen molar-refractivity contribution in [3.8, 4) is 5.75 Å². The Morgan fingerprint density at radius 1 is 1.29 bits per heavy atom. The predicted octanol–water partition coefficient (Wildman–Crippen LogP) is 3.03. The summed E-state index contributed by atoms with van der Waals surface area (Å²) in [5.41, 5.74) is 1.23. The van der Waals surface area contributed by atoms with Crippen molar-refractivity contribution in [2.24, 2.45) is 0 Å². The van der Waals surface area contributed by atoms with Gasteiger partial charge in [-0.15, -0.1) is 0 Å². The lowest BCUT2D eigenvalue weighted by atomic mass is 10.0. The van der Waals surface area contributed by atoms with Gasteiger partial charge in [-0.25, -0.2) is 0 Å². The highest BCUT2D eigenvalue weighted by Gasteiger charge is 2.19. The smallest absolute Gasteiger partial charge is 0.306 e. The molecular weight excluding hydrogens is 286 g/mol. The van der Waals surface area contributed by atoms with Crippen molar-refractivity contribution >= 4 is 17.7 Å². The monoisotopic (exact) mass is 311 g/mol. The largest absolute Gasteiger partial charge is 0.497 e. The average molecular weight is 311 g/mol. The molecule has 2 atom stereocenters. The standard InChI is InChI=1S/C16H25NO3S/c1-5-17-16(12(2)21-11-10-15(18)20-4)13-6-8-14(19-3)9-7-13/h6-9,12,16-17H,5,10-11H2,1-4H3. The zero-order valence-corrected chi connectivity index (χ0v) is 14.0. The summed E-state index contributed by atoms with van der Waals surface area (Å²) in [5, 5.41) is 3.87. The van der Waals surface area contributed by atoms with Crippen LogP contribution in [-0.2, 0) is 9.53 Å². The quantitative estimate of drug-likeness (QED) is 0.710. The van der Waals surface area contributed by atoms with Crippen molar-refractivity contribution in [3.63, 3.8) is 0 Å². The van der Waals surface area contributed by atoms with Gasteiger partial charge in [0.1, 0.15) is 5.75 Å². The Morgan fingerprint density at radius 3 is 2.48 bits per heavy atom. The lowest BCUT2D eigenvalue weighted by Gasteiger charge is -2.25. The number of carbonyl (C=O) groups is 1. The first-order valence-corrected chi connectivity index (χ1v) is 8.23. The van der Waals surface area contributed by atoms with E-state index in [9.17, 15) is 4.79 Å². The normalized spacial score (nSPS) is 13.5. The topological polar surface area (TPSA) is 47.6 Å². The molecule has 1 aromatic rings. The van der Waals surface area contributed by atoms with Crippen molar-refractivity contribution in [1.82, 2.24) is 5.32 Å². The molecule has 5 heteroatoms. The molecule has 0 aromatic heterocycles. The Kier molecular flexibility index (Phi) is 8.23. The second-order valence-corrected chi connectivity index (χ2v) is 6.20. The second kappa shape index (κ2) is 9.68. The maximum Gasteiger partial charge on any atom is 0.306 e. The summed E-state index contributed by atoms with van der Waals surface area (Å²) >= 11 is 1.78. The molecular formula is C16H25NO3S. The Labute approximate surface area is 131 Å². The first kappa shape index (κ1) is 17.9. The molecule has 0 heterocycles. The van der Waals surface area contributed by atoms with Gasteiger partial charge in [-0.1, -0.05) is 26.0 Å². The molecule has 1 rings (SSSR count). The highest BCUT2D eigenvalue weighted by atomic mass is 32.2. The molecule has 21 heavy (non-hydrogen) atoms.